The number of rotatable bonds is 2. The summed E-state index contributed by atoms with van der Waals surface area (Å²) in [5, 5.41) is 11.4. The molecule has 1 amide bonds. The first kappa shape index (κ1) is 10.3. The number of ether oxygens (including phenoxy) is 1. The fraction of sp³-hybridized carbons (Fsp3) is 0.222. The lowest BCUT2D eigenvalue weighted by Gasteiger charge is -2.08. The zero-order valence-corrected chi connectivity index (χ0v) is 7.80. The van der Waals surface area contributed by atoms with Crippen LogP contribution in [0.3, 0.4) is 0 Å². The van der Waals surface area contributed by atoms with E-state index < -0.39 is 11.7 Å². The number of hydrogen-bond donors (Lipinski definition) is 2. The number of nitrogens with one attached hydrogen (secondary N) is 1. The minimum absolute atomic E-state index is 0.102. The van der Waals surface area contributed by atoms with Crippen molar-refractivity contribution in [2.24, 2.45) is 0 Å². The van der Waals surface area contributed by atoms with Crippen LogP contribution in [0.5, 0.6) is 11.5 Å². The van der Waals surface area contributed by atoms with E-state index in [0.717, 1.165) is 12.1 Å². The molecule has 1 rings (SSSR count). The second kappa shape index (κ2) is 3.95. The fourth-order valence-electron chi connectivity index (χ4n) is 1.01. The highest BCUT2D eigenvalue weighted by atomic mass is 19.1. The molecule has 5 heteroatoms. The maximum absolute atomic E-state index is 13.4. The van der Waals surface area contributed by atoms with Gasteiger partial charge < -0.3 is 15.2 Å². The molecule has 0 saturated carbocycles. The van der Waals surface area contributed by atoms with Crippen molar-refractivity contribution >= 4 is 11.6 Å². The number of benzene rings is 1. The monoisotopic (exact) mass is 199 g/mol. The molecular formula is C9H10FNO3. The number of carbonyl (C=O) groups excluding carboxylic acids is 1. The van der Waals surface area contributed by atoms with E-state index in [9.17, 15) is 9.18 Å². The van der Waals surface area contributed by atoms with Gasteiger partial charge in [-0.2, -0.15) is 0 Å². The van der Waals surface area contributed by atoms with Crippen LogP contribution in [-0.2, 0) is 4.79 Å². The highest BCUT2D eigenvalue weighted by molar-refractivity contribution is 5.89. The molecule has 0 aliphatic rings. The van der Waals surface area contributed by atoms with Gasteiger partial charge in [0.25, 0.3) is 0 Å². The van der Waals surface area contributed by atoms with E-state index in [0.29, 0.717) is 0 Å². The molecule has 0 fully saturated rings. The van der Waals surface area contributed by atoms with Crippen LogP contribution in [0.15, 0.2) is 12.1 Å². The third-order valence-electron chi connectivity index (χ3n) is 1.55. The minimum Gasteiger partial charge on any atom is -0.508 e. The third-order valence-corrected chi connectivity index (χ3v) is 1.55. The van der Waals surface area contributed by atoms with Gasteiger partial charge in [-0.15, -0.1) is 0 Å². The summed E-state index contributed by atoms with van der Waals surface area (Å²) in [6.07, 6.45) is 0. The van der Waals surface area contributed by atoms with Crippen molar-refractivity contribution in [2.75, 3.05) is 12.4 Å². The summed E-state index contributed by atoms with van der Waals surface area (Å²) in [6.45, 7) is 1.25. The zero-order chi connectivity index (χ0) is 10.7. The SMILES string of the molecule is COc1cc(O)cc(NC(C)=O)c1F. The number of hydrogen-bond acceptors (Lipinski definition) is 3. The van der Waals surface area contributed by atoms with Crippen molar-refractivity contribution < 1.29 is 19.0 Å². The van der Waals surface area contributed by atoms with E-state index in [1.54, 1.807) is 0 Å². The van der Waals surface area contributed by atoms with Crippen molar-refractivity contribution in [1.82, 2.24) is 0 Å². The molecule has 1 aromatic rings. The lowest BCUT2D eigenvalue weighted by atomic mass is 10.2. The molecule has 2 N–H and O–H groups in total. The number of amides is 1. The zero-order valence-electron chi connectivity index (χ0n) is 7.80. The summed E-state index contributed by atoms with van der Waals surface area (Å²) < 4.78 is 18.0. The van der Waals surface area contributed by atoms with E-state index in [1.165, 1.54) is 14.0 Å². The van der Waals surface area contributed by atoms with Gasteiger partial charge in [-0.25, -0.2) is 4.39 Å². The quantitative estimate of drug-likeness (QED) is 0.758. The first-order valence-electron chi connectivity index (χ1n) is 3.88. The molecule has 4 nitrogen and oxygen atoms in total. The number of methoxy groups -OCH3 is 1. The van der Waals surface area contributed by atoms with Crippen LogP contribution in [0.1, 0.15) is 6.92 Å². The van der Waals surface area contributed by atoms with E-state index in [1.807, 2.05) is 0 Å². The summed E-state index contributed by atoms with van der Waals surface area (Å²) >= 11 is 0. The summed E-state index contributed by atoms with van der Waals surface area (Å²) in [6, 6.07) is 2.24. The number of phenols is 1. The third kappa shape index (κ3) is 2.12. The highest BCUT2D eigenvalue weighted by Gasteiger charge is 2.11. The molecule has 0 atom stereocenters. The van der Waals surface area contributed by atoms with Gasteiger partial charge >= 0.3 is 0 Å². The molecule has 1 aromatic carbocycles. The Labute approximate surface area is 80.3 Å². The summed E-state index contributed by atoms with van der Waals surface area (Å²) in [7, 11) is 1.27. The number of phenolic OH excluding ortho intramolecular Hbond substituents is 1. The average Bonchev–Trinajstić information content (AvgIpc) is 2.09. The Kier molecular flexibility index (Phi) is 2.91. The molecule has 0 aliphatic heterocycles. The van der Waals surface area contributed by atoms with E-state index in [4.69, 9.17) is 5.11 Å². The van der Waals surface area contributed by atoms with Gasteiger partial charge in [-0.05, 0) is 0 Å². The Hall–Kier alpha value is -1.78. The van der Waals surface area contributed by atoms with E-state index in [2.05, 4.69) is 10.1 Å². The molecule has 0 bridgehead atoms. The van der Waals surface area contributed by atoms with Crippen molar-refractivity contribution in [1.29, 1.82) is 0 Å². The van der Waals surface area contributed by atoms with Crippen molar-refractivity contribution in [3.63, 3.8) is 0 Å². The van der Waals surface area contributed by atoms with Crippen LogP contribution in [0, 0.1) is 5.82 Å². The van der Waals surface area contributed by atoms with Gasteiger partial charge in [0.1, 0.15) is 5.75 Å². The van der Waals surface area contributed by atoms with Crippen LogP contribution in [0.4, 0.5) is 10.1 Å². The Balaban J connectivity index is 3.15. The predicted molar refractivity (Wildman–Crippen MR) is 48.9 cm³/mol. The van der Waals surface area contributed by atoms with Gasteiger partial charge in [0, 0.05) is 19.1 Å². The molecule has 0 saturated heterocycles. The maximum atomic E-state index is 13.4. The average molecular weight is 199 g/mol. The summed E-state index contributed by atoms with van der Waals surface area (Å²) in [4.78, 5) is 10.7. The minimum atomic E-state index is -0.708. The van der Waals surface area contributed by atoms with E-state index in [-0.39, 0.29) is 17.2 Å². The second-order valence-corrected chi connectivity index (χ2v) is 2.69. The van der Waals surface area contributed by atoms with Crippen LogP contribution in [-0.4, -0.2) is 18.1 Å². The predicted octanol–water partition coefficient (Wildman–Crippen LogP) is 1.50. The van der Waals surface area contributed by atoms with Crippen molar-refractivity contribution in [3.8, 4) is 11.5 Å². The normalized spacial score (nSPS) is 9.64. The van der Waals surface area contributed by atoms with Crippen LogP contribution in [0.25, 0.3) is 0 Å². The highest BCUT2D eigenvalue weighted by Crippen LogP contribution is 2.29. The van der Waals surface area contributed by atoms with Crippen LogP contribution in [0.2, 0.25) is 0 Å². The van der Waals surface area contributed by atoms with Crippen LogP contribution >= 0.6 is 0 Å². The van der Waals surface area contributed by atoms with Gasteiger partial charge in [0.05, 0.1) is 12.8 Å². The van der Waals surface area contributed by atoms with E-state index >= 15 is 0 Å². The summed E-state index contributed by atoms with van der Waals surface area (Å²) in [5.41, 5.74) is -0.102. The fourth-order valence-corrected chi connectivity index (χ4v) is 1.01. The molecule has 0 radical (unpaired) electrons. The Morgan fingerprint density at radius 1 is 1.57 bits per heavy atom. The molecular weight excluding hydrogens is 189 g/mol. The largest absolute Gasteiger partial charge is 0.508 e. The Morgan fingerprint density at radius 3 is 2.71 bits per heavy atom. The molecule has 14 heavy (non-hydrogen) atoms. The van der Waals surface area contributed by atoms with Crippen LogP contribution < -0.4 is 10.1 Å². The molecule has 0 aliphatic carbocycles. The van der Waals surface area contributed by atoms with Gasteiger partial charge in [-0.3, -0.25) is 4.79 Å². The van der Waals surface area contributed by atoms with Crippen molar-refractivity contribution in [2.45, 2.75) is 6.92 Å². The number of anilines is 1. The number of halogens is 1. The standard InChI is InChI=1S/C9H10FNO3/c1-5(12)11-7-3-6(13)4-8(14-2)9(7)10/h3-4,13H,1-2H3,(H,11,12). The molecule has 76 valence electrons. The second-order valence-electron chi connectivity index (χ2n) is 2.69. The molecule has 0 aromatic heterocycles. The van der Waals surface area contributed by atoms with Gasteiger partial charge in [0.15, 0.2) is 11.6 Å². The Bertz CT molecular complexity index is 365. The Morgan fingerprint density at radius 2 is 2.21 bits per heavy atom. The first-order valence-corrected chi connectivity index (χ1v) is 3.88. The lowest BCUT2D eigenvalue weighted by molar-refractivity contribution is -0.114. The maximum Gasteiger partial charge on any atom is 0.221 e. The first-order chi connectivity index (χ1) is 6.54. The lowest BCUT2D eigenvalue weighted by Crippen LogP contribution is -2.08. The molecule has 0 unspecified atom stereocenters. The smallest absolute Gasteiger partial charge is 0.221 e. The number of aromatic hydroxyl groups is 1. The van der Waals surface area contributed by atoms with Gasteiger partial charge in [-0.1, -0.05) is 0 Å². The molecule has 0 heterocycles. The topological polar surface area (TPSA) is 58.6 Å². The molecule has 0 spiro atoms. The summed E-state index contributed by atoms with van der Waals surface area (Å²) in [5.74, 6) is -1.42. The number of carbonyl (C=O) groups is 1. The van der Waals surface area contributed by atoms with Crippen molar-refractivity contribution in [3.05, 3.63) is 17.9 Å². The van der Waals surface area contributed by atoms with Gasteiger partial charge in [0.2, 0.25) is 5.91 Å².